The molecular formula is C27H33N3O3. The average molecular weight is 448 g/mol. The van der Waals surface area contributed by atoms with Crippen molar-refractivity contribution < 1.29 is 9.53 Å². The number of rotatable bonds is 8. The molecule has 0 aliphatic rings. The van der Waals surface area contributed by atoms with Crippen molar-refractivity contribution in [2.45, 2.75) is 53.0 Å². The Balaban J connectivity index is 1.58. The lowest BCUT2D eigenvalue weighted by Gasteiger charge is -2.22. The van der Waals surface area contributed by atoms with Crippen LogP contribution in [0.4, 0.5) is 0 Å². The van der Waals surface area contributed by atoms with Gasteiger partial charge in [0.15, 0.2) is 0 Å². The Morgan fingerprint density at radius 1 is 1.03 bits per heavy atom. The Labute approximate surface area is 195 Å². The molecule has 0 bridgehead atoms. The maximum Gasteiger partial charge on any atom is 0.271 e. The fraction of sp³-hybridized carbons (Fsp3) is 0.370. The second kappa shape index (κ2) is 10.5. The van der Waals surface area contributed by atoms with E-state index < -0.39 is 0 Å². The summed E-state index contributed by atoms with van der Waals surface area (Å²) in [4.78, 5) is 24.8. The van der Waals surface area contributed by atoms with Crippen molar-refractivity contribution in [1.29, 1.82) is 0 Å². The molecule has 1 N–H and O–H groups in total. The van der Waals surface area contributed by atoms with Gasteiger partial charge in [-0.3, -0.25) is 9.59 Å². The molecule has 1 amide bonds. The van der Waals surface area contributed by atoms with Gasteiger partial charge in [-0.25, -0.2) is 4.68 Å². The summed E-state index contributed by atoms with van der Waals surface area (Å²) < 4.78 is 6.89. The number of hydrogen-bond acceptors (Lipinski definition) is 4. The van der Waals surface area contributed by atoms with E-state index in [0.717, 1.165) is 12.2 Å². The smallest absolute Gasteiger partial charge is 0.271 e. The fourth-order valence-corrected chi connectivity index (χ4v) is 3.71. The van der Waals surface area contributed by atoms with Gasteiger partial charge in [0, 0.05) is 12.6 Å². The first-order valence-electron chi connectivity index (χ1n) is 11.3. The number of aryl methyl sites for hydroxylation is 2. The number of carbonyl (C=O) groups excluding carboxylic acids is 1. The van der Waals surface area contributed by atoms with Crippen LogP contribution in [0.25, 0.3) is 0 Å². The normalized spacial score (nSPS) is 11.3. The Bertz CT molecular complexity index is 1140. The van der Waals surface area contributed by atoms with Crippen molar-refractivity contribution in [1.82, 2.24) is 15.1 Å². The Morgan fingerprint density at radius 3 is 2.33 bits per heavy atom. The van der Waals surface area contributed by atoms with Gasteiger partial charge in [-0.15, -0.1) is 0 Å². The molecule has 6 nitrogen and oxygen atoms in total. The van der Waals surface area contributed by atoms with E-state index in [4.69, 9.17) is 4.74 Å². The van der Waals surface area contributed by atoms with Crippen LogP contribution in [0.1, 0.15) is 53.5 Å². The first-order valence-corrected chi connectivity index (χ1v) is 11.3. The van der Waals surface area contributed by atoms with Gasteiger partial charge in [-0.1, -0.05) is 51.1 Å². The highest BCUT2D eigenvalue weighted by molar-refractivity contribution is 5.91. The van der Waals surface area contributed by atoms with Crippen LogP contribution >= 0.6 is 0 Å². The zero-order chi connectivity index (χ0) is 24.0. The van der Waals surface area contributed by atoms with Crippen LogP contribution in [0.3, 0.4) is 0 Å². The van der Waals surface area contributed by atoms with Crippen molar-refractivity contribution in [2.24, 2.45) is 0 Å². The number of nitrogens with one attached hydrogen (secondary N) is 1. The summed E-state index contributed by atoms with van der Waals surface area (Å²) in [5.41, 5.74) is 5.08. The van der Waals surface area contributed by atoms with Gasteiger partial charge in [-0.05, 0) is 66.1 Å². The Kier molecular flexibility index (Phi) is 7.69. The number of nitrogens with zero attached hydrogens (tertiary/aromatic N) is 2. The highest BCUT2D eigenvalue weighted by Crippen LogP contribution is 2.27. The lowest BCUT2D eigenvalue weighted by atomic mass is 9.83. The van der Waals surface area contributed by atoms with Gasteiger partial charge in [0.1, 0.15) is 18.1 Å². The van der Waals surface area contributed by atoms with Gasteiger partial charge in [0.2, 0.25) is 0 Å². The summed E-state index contributed by atoms with van der Waals surface area (Å²) in [7, 11) is 0. The molecule has 0 aliphatic carbocycles. The van der Waals surface area contributed by atoms with Crippen LogP contribution in [-0.4, -0.2) is 28.8 Å². The minimum Gasteiger partial charge on any atom is -0.492 e. The predicted molar refractivity (Wildman–Crippen MR) is 131 cm³/mol. The van der Waals surface area contributed by atoms with E-state index in [-0.39, 0.29) is 35.7 Å². The van der Waals surface area contributed by atoms with Crippen molar-refractivity contribution in [2.75, 3.05) is 13.2 Å². The van der Waals surface area contributed by atoms with E-state index in [1.165, 1.54) is 39.1 Å². The number of aromatic nitrogens is 2. The maximum atomic E-state index is 12.6. The van der Waals surface area contributed by atoms with E-state index >= 15 is 0 Å². The molecule has 174 valence electrons. The van der Waals surface area contributed by atoms with Crippen LogP contribution in [-0.2, 0) is 18.4 Å². The molecule has 33 heavy (non-hydrogen) atoms. The molecule has 0 atom stereocenters. The number of ether oxygens (including phenoxy) is 1. The third-order valence-electron chi connectivity index (χ3n) is 5.64. The summed E-state index contributed by atoms with van der Waals surface area (Å²) in [6.45, 7) is 11.9. The zero-order valence-electron chi connectivity index (χ0n) is 20.1. The third-order valence-corrected chi connectivity index (χ3v) is 5.64. The molecule has 0 unspecified atom stereocenters. The van der Waals surface area contributed by atoms with Gasteiger partial charge < -0.3 is 10.1 Å². The molecule has 0 aliphatic heterocycles. The van der Waals surface area contributed by atoms with Gasteiger partial charge in [0.05, 0.1) is 6.54 Å². The zero-order valence-corrected chi connectivity index (χ0v) is 20.1. The van der Waals surface area contributed by atoms with Gasteiger partial charge >= 0.3 is 0 Å². The summed E-state index contributed by atoms with van der Waals surface area (Å²) in [5, 5.41) is 7.14. The minimum absolute atomic E-state index is 0.100. The lowest BCUT2D eigenvalue weighted by Crippen LogP contribution is -2.31. The van der Waals surface area contributed by atoms with Gasteiger partial charge in [-0.2, -0.15) is 5.10 Å². The molecule has 1 heterocycles. The molecule has 2 aromatic carbocycles. The molecule has 0 fully saturated rings. The second-order valence-electron chi connectivity index (χ2n) is 9.29. The molecule has 1 aromatic heterocycles. The first kappa shape index (κ1) is 24.2. The number of hydrogen-bond donors (Lipinski definition) is 1. The van der Waals surface area contributed by atoms with Crippen LogP contribution in [0.15, 0.2) is 59.4 Å². The van der Waals surface area contributed by atoms with E-state index in [9.17, 15) is 9.59 Å². The first-order chi connectivity index (χ1) is 15.6. The second-order valence-corrected chi connectivity index (χ2v) is 9.29. The van der Waals surface area contributed by atoms with E-state index in [2.05, 4.69) is 57.2 Å². The highest BCUT2D eigenvalue weighted by Gasteiger charge is 2.16. The van der Waals surface area contributed by atoms with E-state index in [1.54, 1.807) is 0 Å². The average Bonchev–Trinajstić information content (AvgIpc) is 2.76. The number of para-hydroxylation sites is 1. The predicted octanol–water partition coefficient (Wildman–Crippen LogP) is 4.21. The summed E-state index contributed by atoms with van der Waals surface area (Å²) in [6, 6.07) is 16.7. The fourth-order valence-electron chi connectivity index (χ4n) is 3.71. The lowest BCUT2D eigenvalue weighted by molar-refractivity contribution is 0.0946. The topological polar surface area (TPSA) is 73.2 Å². The number of benzene rings is 2. The van der Waals surface area contributed by atoms with E-state index in [0.29, 0.717) is 6.54 Å². The van der Waals surface area contributed by atoms with Crippen LogP contribution in [0, 0.1) is 13.8 Å². The number of carbonyl (C=O) groups is 1. The largest absolute Gasteiger partial charge is 0.492 e. The molecule has 6 heteroatoms. The Hall–Kier alpha value is -3.41. The van der Waals surface area contributed by atoms with Crippen molar-refractivity contribution >= 4 is 5.91 Å². The standard InChI is InChI=1S/C27H33N3O3/c1-19-17-21(27(3,4)5)18-20(2)23(19)13-14-28-26(32)24-11-12-25(31)30(29-24)15-16-33-22-9-7-6-8-10-22/h6-12,17-18H,13-16H2,1-5H3,(H,28,32). The summed E-state index contributed by atoms with van der Waals surface area (Å²) in [5.74, 6) is 0.426. The van der Waals surface area contributed by atoms with Gasteiger partial charge in [0.25, 0.3) is 11.5 Å². The van der Waals surface area contributed by atoms with Crippen molar-refractivity contribution in [3.63, 3.8) is 0 Å². The van der Waals surface area contributed by atoms with Crippen LogP contribution in [0.2, 0.25) is 0 Å². The molecule has 3 rings (SSSR count). The molecule has 0 spiro atoms. The summed E-state index contributed by atoms with van der Waals surface area (Å²) >= 11 is 0. The van der Waals surface area contributed by atoms with Crippen molar-refractivity contribution in [3.05, 3.63) is 92.9 Å². The van der Waals surface area contributed by atoms with E-state index in [1.807, 2.05) is 30.3 Å². The highest BCUT2D eigenvalue weighted by atomic mass is 16.5. The molecule has 0 saturated heterocycles. The molecule has 3 aromatic rings. The SMILES string of the molecule is Cc1cc(C(C)(C)C)cc(C)c1CCNC(=O)c1ccc(=O)n(CCOc2ccccc2)n1. The molecule has 0 saturated carbocycles. The minimum atomic E-state index is -0.297. The third kappa shape index (κ3) is 6.54. The number of amides is 1. The summed E-state index contributed by atoms with van der Waals surface area (Å²) in [6.07, 6.45) is 0.735. The molecular weight excluding hydrogens is 414 g/mol. The maximum absolute atomic E-state index is 12.6. The quantitative estimate of drug-likeness (QED) is 0.561. The van der Waals surface area contributed by atoms with Crippen LogP contribution in [0.5, 0.6) is 5.75 Å². The Morgan fingerprint density at radius 2 is 1.70 bits per heavy atom. The van der Waals surface area contributed by atoms with Crippen molar-refractivity contribution in [3.8, 4) is 5.75 Å². The monoisotopic (exact) mass is 447 g/mol. The van der Waals surface area contributed by atoms with Crippen LogP contribution < -0.4 is 15.6 Å². The molecule has 0 radical (unpaired) electrons.